The summed E-state index contributed by atoms with van der Waals surface area (Å²) in [5, 5.41) is 14.2. The second-order valence-electron chi connectivity index (χ2n) is 4.77. The zero-order chi connectivity index (χ0) is 15.0. The summed E-state index contributed by atoms with van der Waals surface area (Å²) in [6.45, 7) is 3.48. The van der Waals surface area contributed by atoms with Crippen molar-refractivity contribution in [2.45, 2.75) is 20.0 Å². The van der Waals surface area contributed by atoms with Crippen LogP contribution in [-0.2, 0) is 13.1 Å². The Morgan fingerprint density at radius 1 is 1.38 bits per heavy atom. The lowest BCUT2D eigenvalue weighted by Gasteiger charge is -2.28. The van der Waals surface area contributed by atoms with Crippen LogP contribution in [0.15, 0.2) is 12.4 Å². The summed E-state index contributed by atoms with van der Waals surface area (Å²) in [5.74, 6) is 1.59. The highest BCUT2D eigenvalue weighted by molar-refractivity contribution is 5.62. The van der Waals surface area contributed by atoms with Crippen molar-refractivity contribution in [3.8, 4) is 0 Å². The van der Waals surface area contributed by atoms with Crippen LogP contribution in [0.2, 0.25) is 0 Å². The predicted molar refractivity (Wildman–Crippen MR) is 76.2 cm³/mol. The van der Waals surface area contributed by atoms with Crippen molar-refractivity contribution in [1.82, 2.24) is 19.5 Å². The Bertz CT molecular complexity index is 697. The van der Waals surface area contributed by atoms with Gasteiger partial charge in [0.25, 0.3) is 0 Å². The number of nitrogens with zero attached hydrogens (tertiary/aromatic N) is 6. The SMILES string of the molecule is CNc1nc(C)c([N+](=O)[O-])c(N2CCn3ccnc3C2)n1. The quantitative estimate of drug-likeness (QED) is 0.663. The molecule has 3 rings (SSSR count). The van der Waals surface area contributed by atoms with Crippen LogP contribution in [0.4, 0.5) is 17.5 Å². The van der Waals surface area contributed by atoms with E-state index in [0.717, 1.165) is 12.4 Å². The van der Waals surface area contributed by atoms with Gasteiger partial charge in [-0.05, 0) is 6.92 Å². The van der Waals surface area contributed by atoms with Gasteiger partial charge in [0, 0.05) is 32.5 Å². The minimum Gasteiger partial charge on any atom is -0.357 e. The highest BCUT2D eigenvalue weighted by Crippen LogP contribution is 2.31. The van der Waals surface area contributed by atoms with Crippen LogP contribution >= 0.6 is 0 Å². The molecule has 0 radical (unpaired) electrons. The first kappa shape index (κ1) is 13.3. The Hall–Kier alpha value is -2.71. The van der Waals surface area contributed by atoms with E-state index in [4.69, 9.17) is 0 Å². The zero-order valence-electron chi connectivity index (χ0n) is 11.8. The summed E-state index contributed by atoms with van der Waals surface area (Å²) >= 11 is 0. The van der Waals surface area contributed by atoms with Gasteiger partial charge >= 0.3 is 5.69 Å². The third-order valence-corrected chi connectivity index (χ3v) is 3.49. The lowest BCUT2D eigenvalue weighted by atomic mass is 10.3. The number of aromatic nitrogens is 4. The summed E-state index contributed by atoms with van der Waals surface area (Å²) in [4.78, 5) is 25.4. The molecule has 21 heavy (non-hydrogen) atoms. The van der Waals surface area contributed by atoms with Gasteiger partial charge in [0.1, 0.15) is 11.5 Å². The van der Waals surface area contributed by atoms with Crippen molar-refractivity contribution in [2.75, 3.05) is 23.8 Å². The third-order valence-electron chi connectivity index (χ3n) is 3.49. The van der Waals surface area contributed by atoms with Gasteiger partial charge in [0.2, 0.25) is 11.8 Å². The molecule has 3 heterocycles. The number of hydrogen-bond donors (Lipinski definition) is 1. The zero-order valence-corrected chi connectivity index (χ0v) is 11.8. The van der Waals surface area contributed by atoms with Crippen molar-refractivity contribution >= 4 is 17.5 Å². The minimum atomic E-state index is -0.425. The van der Waals surface area contributed by atoms with Crippen LogP contribution in [-0.4, -0.2) is 38.0 Å². The van der Waals surface area contributed by atoms with Gasteiger partial charge in [0.15, 0.2) is 0 Å². The van der Waals surface area contributed by atoms with Gasteiger partial charge in [0.05, 0.1) is 11.5 Å². The van der Waals surface area contributed by atoms with E-state index in [1.807, 2.05) is 15.7 Å². The number of nitro groups is 1. The molecule has 0 saturated carbocycles. The first-order valence-electron chi connectivity index (χ1n) is 6.56. The molecule has 110 valence electrons. The van der Waals surface area contributed by atoms with E-state index in [1.54, 1.807) is 20.2 Å². The molecule has 1 aliphatic rings. The molecule has 0 atom stereocenters. The van der Waals surface area contributed by atoms with E-state index in [2.05, 4.69) is 20.3 Å². The third kappa shape index (κ3) is 2.26. The number of hydrogen-bond acceptors (Lipinski definition) is 7. The van der Waals surface area contributed by atoms with Gasteiger partial charge in [-0.3, -0.25) is 10.1 Å². The monoisotopic (exact) mass is 289 g/mol. The molecule has 0 saturated heterocycles. The largest absolute Gasteiger partial charge is 0.357 e. The number of imidazole rings is 1. The normalized spacial score (nSPS) is 13.9. The van der Waals surface area contributed by atoms with E-state index in [9.17, 15) is 10.1 Å². The van der Waals surface area contributed by atoms with Crippen molar-refractivity contribution < 1.29 is 4.92 Å². The highest BCUT2D eigenvalue weighted by Gasteiger charge is 2.28. The van der Waals surface area contributed by atoms with Crippen LogP contribution in [0.25, 0.3) is 0 Å². The molecule has 0 bridgehead atoms. The Morgan fingerprint density at radius 2 is 2.19 bits per heavy atom. The lowest BCUT2D eigenvalue weighted by Crippen LogP contribution is -2.35. The van der Waals surface area contributed by atoms with Gasteiger partial charge in [-0.15, -0.1) is 0 Å². The standard InChI is InChI=1S/C12H15N7O2/c1-8-10(19(20)21)11(16-12(13-2)15-8)18-6-5-17-4-3-14-9(17)7-18/h3-4H,5-7H2,1-2H3,(H,13,15,16). The molecule has 9 nitrogen and oxygen atoms in total. The molecule has 0 aliphatic carbocycles. The lowest BCUT2D eigenvalue weighted by molar-refractivity contribution is -0.385. The number of nitrogens with one attached hydrogen (secondary N) is 1. The fraction of sp³-hybridized carbons (Fsp3) is 0.417. The Balaban J connectivity index is 2.05. The Kier molecular flexibility index (Phi) is 3.16. The van der Waals surface area contributed by atoms with Gasteiger partial charge < -0.3 is 14.8 Å². The fourth-order valence-corrected chi connectivity index (χ4v) is 2.45. The van der Waals surface area contributed by atoms with E-state index < -0.39 is 4.92 Å². The summed E-state index contributed by atoms with van der Waals surface area (Å²) in [5.41, 5.74) is 0.303. The maximum absolute atomic E-state index is 11.3. The average Bonchev–Trinajstić information content (AvgIpc) is 2.93. The second-order valence-corrected chi connectivity index (χ2v) is 4.77. The first-order chi connectivity index (χ1) is 10.1. The van der Waals surface area contributed by atoms with Crippen molar-refractivity contribution in [2.24, 2.45) is 0 Å². The molecule has 2 aromatic heterocycles. The summed E-state index contributed by atoms with van der Waals surface area (Å²) < 4.78 is 2.04. The van der Waals surface area contributed by atoms with E-state index in [0.29, 0.717) is 30.5 Å². The Labute approximate surface area is 120 Å². The van der Waals surface area contributed by atoms with E-state index in [1.165, 1.54) is 0 Å². The predicted octanol–water partition coefficient (Wildman–Crippen LogP) is 0.952. The molecular formula is C12H15N7O2. The molecule has 1 N–H and O–H groups in total. The maximum Gasteiger partial charge on any atom is 0.332 e. The van der Waals surface area contributed by atoms with Gasteiger partial charge in [-0.1, -0.05) is 0 Å². The van der Waals surface area contributed by atoms with Crippen molar-refractivity contribution in [3.63, 3.8) is 0 Å². The highest BCUT2D eigenvalue weighted by atomic mass is 16.6. The topological polar surface area (TPSA) is 102 Å². The summed E-state index contributed by atoms with van der Waals surface area (Å²) in [6, 6.07) is 0. The second kappa shape index (κ2) is 5.00. The minimum absolute atomic E-state index is 0.0472. The Morgan fingerprint density at radius 3 is 2.90 bits per heavy atom. The number of aryl methyl sites for hydroxylation is 1. The number of anilines is 2. The fourth-order valence-electron chi connectivity index (χ4n) is 2.45. The molecule has 9 heteroatoms. The average molecular weight is 289 g/mol. The van der Waals surface area contributed by atoms with Crippen LogP contribution < -0.4 is 10.2 Å². The van der Waals surface area contributed by atoms with Crippen LogP contribution in [0.3, 0.4) is 0 Å². The van der Waals surface area contributed by atoms with Crippen LogP contribution in [0.5, 0.6) is 0 Å². The molecule has 1 aliphatic heterocycles. The van der Waals surface area contributed by atoms with Gasteiger partial charge in [-0.2, -0.15) is 4.98 Å². The van der Waals surface area contributed by atoms with Gasteiger partial charge in [-0.25, -0.2) is 9.97 Å². The summed E-state index contributed by atoms with van der Waals surface area (Å²) in [7, 11) is 1.69. The molecule has 0 fully saturated rings. The molecule has 2 aromatic rings. The van der Waals surface area contributed by atoms with Crippen LogP contribution in [0, 0.1) is 17.0 Å². The molecule has 0 spiro atoms. The number of rotatable bonds is 3. The molecular weight excluding hydrogens is 274 g/mol. The molecule has 0 amide bonds. The van der Waals surface area contributed by atoms with E-state index >= 15 is 0 Å². The molecule has 0 aromatic carbocycles. The summed E-state index contributed by atoms with van der Waals surface area (Å²) in [6.07, 6.45) is 3.64. The van der Waals surface area contributed by atoms with Crippen molar-refractivity contribution in [1.29, 1.82) is 0 Å². The first-order valence-corrected chi connectivity index (χ1v) is 6.56. The van der Waals surface area contributed by atoms with E-state index in [-0.39, 0.29) is 5.69 Å². The smallest absolute Gasteiger partial charge is 0.332 e. The van der Waals surface area contributed by atoms with Crippen molar-refractivity contribution in [3.05, 3.63) is 34.0 Å². The van der Waals surface area contributed by atoms with Crippen LogP contribution in [0.1, 0.15) is 11.5 Å². The number of fused-ring (bicyclic) bond motifs is 1. The maximum atomic E-state index is 11.3. The molecule has 0 unspecified atom stereocenters.